The van der Waals surface area contributed by atoms with Crippen molar-refractivity contribution in [2.45, 2.75) is 38.4 Å². The maximum absolute atomic E-state index is 13.3. The van der Waals surface area contributed by atoms with Crippen LogP contribution in [0, 0.1) is 0 Å². The molecule has 4 rings (SSSR count). The molecule has 0 radical (unpaired) electrons. The van der Waals surface area contributed by atoms with Gasteiger partial charge in [-0.15, -0.1) is 0 Å². The average molecular weight is 401 g/mol. The van der Waals surface area contributed by atoms with Gasteiger partial charge in [0.2, 0.25) is 0 Å². The molecule has 2 aromatic heterocycles. The molecule has 29 heavy (non-hydrogen) atoms. The van der Waals surface area contributed by atoms with Crippen LogP contribution in [0.5, 0.6) is 0 Å². The molecule has 0 bridgehead atoms. The van der Waals surface area contributed by atoms with Crippen molar-refractivity contribution in [2.24, 2.45) is 7.05 Å². The largest absolute Gasteiger partial charge is 0.312 e. The minimum atomic E-state index is -2.66. The van der Waals surface area contributed by atoms with Crippen LogP contribution >= 0.6 is 0 Å². The van der Waals surface area contributed by atoms with Crippen molar-refractivity contribution in [3.05, 3.63) is 68.9 Å². The van der Waals surface area contributed by atoms with E-state index < -0.39 is 18.5 Å². The van der Waals surface area contributed by atoms with Crippen LogP contribution in [0.3, 0.4) is 0 Å². The summed E-state index contributed by atoms with van der Waals surface area (Å²) < 4.78 is 29.1. The van der Waals surface area contributed by atoms with Crippen molar-refractivity contribution in [1.29, 1.82) is 0 Å². The third-order valence-electron chi connectivity index (χ3n) is 5.41. The van der Waals surface area contributed by atoms with Gasteiger partial charge in [0.15, 0.2) is 0 Å². The summed E-state index contributed by atoms with van der Waals surface area (Å²) in [5.74, 6) is 0.348. The van der Waals surface area contributed by atoms with E-state index in [0.717, 1.165) is 11.0 Å². The Morgan fingerprint density at radius 1 is 1.21 bits per heavy atom. The molecule has 1 aliphatic heterocycles. The van der Waals surface area contributed by atoms with Crippen LogP contribution in [0.25, 0.3) is 10.9 Å². The molecule has 1 aliphatic rings. The highest BCUT2D eigenvalue weighted by molar-refractivity contribution is 5.77. The van der Waals surface area contributed by atoms with E-state index in [1.807, 2.05) is 0 Å². The van der Waals surface area contributed by atoms with E-state index in [1.54, 1.807) is 37.5 Å². The fourth-order valence-corrected chi connectivity index (χ4v) is 3.92. The van der Waals surface area contributed by atoms with E-state index >= 15 is 0 Å². The number of alkyl halides is 2. The topological polar surface area (TPSA) is 73.0 Å². The summed E-state index contributed by atoms with van der Waals surface area (Å²) in [7, 11) is 1.67. The Kier molecular flexibility index (Phi) is 5.23. The molecule has 0 aliphatic carbocycles. The minimum Gasteiger partial charge on any atom is -0.312 e. The van der Waals surface area contributed by atoms with Crippen molar-refractivity contribution in [1.82, 2.24) is 24.0 Å². The smallest absolute Gasteiger partial charge is 0.268 e. The van der Waals surface area contributed by atoms with Gasteiger partial charge in [-0.25, -0.2) is 13.8 Å². The fourth-order valence-electron chi connectivity index (χ4n) is 3.92. The van der Waals surface area contributed by atoms with Crippen molar-refractivity contribution >= 4 is 10.9 Å². The van der Waals surface area contributed by atoms with Crippen LogP contribution in [0.1, 0.15) is 30.4 Å². The molecule has 152 valence electrons. The number of benzene rings is 1. The standard InChI is InChI=1S/C20H21F2N5O2/c1-25-13(9-23-10-18(25)28)11-26-8-4-7-16(26)19-24-15-6-3-2-5-14(15)20(29)27(19)12-17(21)22/h2-3,5-6,9-10,16-17H,4,7-8,11-12H2,1H3. The molecule has 1 unspecified atom stereocenters. The molecular formula is C20H21F2N5O2. The number of fused-ring (bicyclic) bond motifs is 1. The molecule has 1 fully saturated rings. The molecule has 3 heterocycles. The third-order valence-corrected chi connectivity index (χ3v) is 5.41. The first-order valence-corrected chi connectivity index (χ1v) is 9.47. The zero-order chi connectivity index (χ0) is 20.5. The van der Waals surface area contributed by atoms with Crippen LogP contribution in [-0.4, -0.2) is 37.0 Å². The molecular weight excluding hydrogens is 380 g/mol. The second kappa shape index (κ2) is 7.82. The number of likely N-dealkylation sites (tertiary alicyclic amines) is 1. The predicted molar refractivity (Wildman–Crippen MR) is 104 cm³/mol. The van der Waals surface area contributed by atoms with E-state index in [-0.39, 0.29) is 11.6 Å². The number of hydrogen-bond acceptors (Lipinski definition) is 5. The number of halogens is 2. The van der Waals surface area contributed by atoms with Gasteiger partial charge < -0.3 is 4.57 Å². The Labute approximate surface area is 165 Å². The molecule has 1 saturated heterocycles. The average Bonchev–Trinajstić information content (AvgIpc) is 3.15. The van der Waals surface area contributed by atoms with Gasteiger partial charge in [0.25, 0.3) is 17.5 Å². The zero-order valence-corrected chi connectivity index (χ0v) is 16.0. The summed E-state index contributed by atoms with van der Waals surface area (Å²) in [6.07, 6.45) is 1.74. The minimum absolute atomic E-state index is 0.211. The number of rotatable bonds is 5. The SMILES string of the molecule is Cn1c(CN2CCCC2c2nc3ccccc3c(=O)n2CC(F)F)cncc1=O. The summed E-state index contributed by atoms with van der Waals surface area (Å²) in [6.45, 7) is 0.439. The van der Waals surface area contributed by atoms with Crippen LogP contribution in [0.15, 0.2) is 46.2 Å². The second-order valence-electron chi connectivity index (χ2n) is 7.22. The molecule has 9 heteroatoms. The summed E-state index contributed by atoms with van der Waals surface area (Å²) in [4.78, 5) is 35.4. The Balaban J connectivity index is 1.78. The molecule has 0 spiro atoms. The zero-order valence-electron chi connectivity index (χ0n) is 16.0. The normalized spacial score (nSPS) is 17.4. The maximum Gasteiger partial charge on any atom is 0.268 e. The monoisotopic (exact) mass is 401 g/mol. The number of para-hydroxylation sites is 1. The van der Waals surface area contributed by atoms with E-state index in [9.17, 15) is 18.4 Å². The Hall–Kier alpha value is -2.94. The van der Waals surface area contributed by atoms with Gasteiger partial charge in [0.1, 0.15) is 5.82 Å². The van der Waals surface area contributed by atoms with E-state index in [4.69, 9.17) is 0 Å². The molecule has 1 aromatic carbocycles. The van der Waals surface area contributed by atoms with E-state index in [1.165, 1.54) is 10.8 Å². The lowest BCUT2D eigenvalue weighted by Crippen LogP contribution is -2.34. The second-order valence-corrected chi connectivity index (χ2v) is 7.22. The first-order chi connectivity index (χ1) is 14.0. The van der Waals surface area contributed by atoms with Crippen molar-refractivity contribution in [3.8, 4) is 0 Å². The van der Waals surface area contributed by atoms with Gasteiger partial charge in [-0.2, -0.15) is 0 Å². The van der Waals surface area contributed by atoms with Crippen LogP contribution in [-0.2, 0) is 20.1 Å². The summed E-state index contributed by atoms with van der Waals surface area (Å²) in [6, 6.07) is 6.50. The molecule has 0 N–H and O–H groups in total. The highest BCUT2D eigenvalue weighted by Crippen LogP contribution is 2.32. The van der Waals surface area contributed by atoms with Crippen LogP contribution in [0.4, 0.5) is 8.78 Å². The Bertz CT molecular complexity index is 1160. The maximum atomic E-state index is 13.3. The molecule has 0 saturated carbocycles. The summed E-state index contributed by atoms with van der Waals surface area (Å²) in [5.41, 5.74) is 0.551. The van der Waals surface area contributed by atoms with Crippen molar-refractivity contribution in [3.63, 3.8) is 0 Å². The van der Waals surface area contributed by atoms with Gasteiger partial charge >= 0.3 is 0 Å². The Morgan fingerprint density at radius 2 is 2.00 bits per heavy atom. The van der Waals surface area contributed by atoms with Crippen LogP contribution < -0.4 is 11.1 Å². The number of hydrogen-bond donors (Lipinski definition) is 0. The Morgan fingerprint density at radius 3 is 2.79 bits per heavy atom. The lowest BCUT2D eigenvalue weighted by Gasteiger charge is -2.27. The first-order valence-electron chi connectivity index (χ1n) is 9.47. The highest BCUT2D eigenvalue weighted by atomic mass is 19.3. The fraction of sp³-hybridized carbons (Fsp3) is 0.400. The predicted octanol–water partition coefficient (Wildman–Crippen LogP) is 2.09. The third kappa shape index (κ3) is 3.69. The molecule has 3 aromatic rings. The molecule has 7 nitrogen and oxygen atoms in total. The number of aromatic nitrogens is 4. The quantitative estimate of drug-likeness (QED) is 0.655. The van der Waals surface area contributed by atoms with E-state index in [2.05, 4.69) is 14.9 Å². The van der Waals surface area contributed by atoms with Crippen molar-refractivity contribution < 1.29 is 8.78 Å². The highest BCUT2D eigenvalue weighted by Gasteiger charge is 2.31. The lowest BCUT2D eigenvalue weighted by atomic mass is 10.1. The summed E-state index contributed by atoms with van der Waals surface area (Å²) >= 11 is 0. The molecule has 0 amide bonds. The first kappa shape index (κ1) is 19.4. The van der Waals surface area contributed by atoms with Gasteiger partial charge in [-0.1, -0.05) is 12.1 Å². The molecule has 1 atom stereocenters. The summed E-state index contributed by atoms with van der Waals surface area (Å²) in [5, 5.41) is 0.330. The lowest BCUT2D eigenvalue weighted by molar-refractivity contribution is 0.120. The van der Waals surface area contributed by atoms with Gasteiger partial charge in [0, 0.05) is 19.8 Å². The van der Waals surface area contributed by atoms with Gasteiger partial charge in [-0.05, 0) is 31.5 Å². The van der Waals surface area contributed by atoms with Gasteiger partial charge in [-0.3, -0.25) is 24.0 Å². The van der Waals surface area contributed by atoms with Crippen LogP contribution in [0.2, 0.25) is 0 Å². The van der Waals surface area contributed by atoms with E-state index in [0.29, 0.717) is 41.9 Å². The number of nitrogens with zero attached hydrogens (tertiary/aromatic N) is 5. The van der Waals surface area contributed by atoms with Crippen molar-refractivity contribution in [2.75, 3.05) is 6.54 Å². The van der Waals surface area contributed by atoms with Gasteiger partial charge in [0.05, 0.1) is 35.4 Å².